The van der Waals surface area contributed by atoms with Crippen molar-refractivity contribution in [2.24, 2.45) is 0 Å². The highest BCUT2D eigenvalue weighted by atomic mass is 31.2. The van der Waals surface area contributed by atoms with Crippen LogP contribution in [0.4, 0.5) is 0 Å². The van der Waals surface area contributed by atoms with Gasteiger partial charge in [0.1, 0.15) is 22.8 Å². The van der Waals surface area contributed by atoms with Crippen molar-refractivity contribution in [2.75, 3.05) is 0 Å². The van der Waals surface area contributed by atoms with E-state index in [0.717, 1.165) is 5.56 Å². The van der Waals surface area contributed by atoms with Crippen LogP contribution in [0.5, 0.6) is 17.2 Å². The molecule has 0 aliphatic rings. The van der Waals surface area contributed by atoms with E-state index >= 15 is 0 Å². The van der Waals surface area contributed by atoms with E-state index < -0.39 is 19.4 Å². The molecule has 128 valence electrons. The zero-order valence-corrected chi connectivity index (χ0v) is 13.7. The average molecular weight is 352 g/mol. The zero-order chi connectivity index (χ0) is 17.9. The van der Waals surface area contributed by atoms with Gasteiger partial charge in [-0.3, -0.25) is 14.6 Å². The van der Waals surface area contributed by atoms with E-state index in [9.17, 15) is 19.6 Å². The van der Waals surface area contributed by atoms with Gasteiger partial charge in [-0.25, -0.2) is 4.57 Å². The lowest BCUT2D eigenvalue weighted by Crippen LogP contribution is -2.07. The molecule has 1 atom stereocenters. The van der Waals surface area contributed by atoms with E-state index in [2.05, 4.69) is 4.52 Å². The number of phenolic OH excluding ortho intramolecular Hbond substituents is 2. The number of benzene rings is 2. The molecule has 2 aromatic carbocycles. The van der Waals surface area contributed by atoms with Gasteiger partial charge in [-0.15, -0.1) is 0 Å². The van der Waals surface area contributed by atoms with Gasteiger partial charge in [-0.2, -0.15) is 0 Å². The molecule has 0 amide bonds. The van der Waals surface area contributed by atoms with Crippen LogP contribution < -0.4 is 4.52 Å². The number of rotatable bonds is 6. The summed E-state index contributed by atoms with van der Waals surface area (Å²) in [6.07, 6.45) is -0.0140. The molecule has 0 fully saturated rings. The molecule has 0 heterocycles. The van der Waals surface area contributed by atoms with E-state index in [4.69, 9.17) is 9.79 Å². The van der Waals surface area contributed by atoms with Gasteiger partial charge in [-0.1, -0.05) is 25.1 Å². The number of phosphoric acid groups is 1. The van der Waals surface area contributed by atoms with Crippen molar-refractivity contribution in [3.05, 3.63) is 53.6 Å². The number of Topliss-reactive ketones (excluding diaryl/α,β-unsaturated/α-hetero) is 1. The molecule has 24 heavy (non-hydrogen) atoms. The van der Waals surface area contributed by atoms with E-state index in [-0.39, 0.29) is 29.4 Å². The Kier molecular flexibility index (Phi) is 5.29. The van der Waals surface area contributed by atoms with Gasteiger partial charge in [0.15, 0.2) is 5.78 Å². The van der Waals surface area contributed by atoms with Crippen molar-refractivity contribution >= 4 is 13.6 Å². The van der Waals surface area contributed by atoms with Crippen LogP contribution in [-0.2, 0) is 4.57 Å². The normalized spacial score (nSPS) is 12.6. The maximum atomic E-state index is 12.5. The number of carbonyl (C=O) groups is 1. The number of hydrogen-bond acceptors (Lipinski definition) is 5. The minimum Gasteiger partial charge on any atom is -0.508 e. The third-order valence-corrected chi connectivity index (χ3v) is 3.89. The van der Waals surface area contributed by atoms with Crippen LogP contribution in [0.1, 0.15) is 35.2 Å². The van der Waals surface area contributed by atoms with Crippen molar-refractivity contribution in [1.82, 2.24) is 0 Å². The van der Waals surface area contributed by atoms with Gasteiger partial charge >= 0.3 is 7.82 Å². The number of carbonyl (C=O) groups excluding carboxylic acids is 1. The summed E-state index contributed by atoms with van der Waals surface area (Å²) in [4.78, 5) is 30.3. The van der Waals surface area contributed by atoms with Crippen LogP contribution in [0.15, 0.2) is 42.5 Å². The summed E-state index contributed by atoms with van der Waals surface area (Å²) >= 11 is 0. The molecule has 4 N–H and O–H groups in total. The molecule has 0 spiro atoms. The number of phenols is 2. The lowest BCUT2D eigenvalue weighted by Gasteiger charge is -2.15. The van der Waals surface area contributed by atoms with Crippen LogP contribution in [0, 0.1) is 0 Å². The Balaban J connectivity index is 2.26. The van der Waals surface area contributed by atoms with E-state index in [1.807, 2.05) is 0 Å². The molecular formula is C16H17O7P. The van der Waals surface area contributed by atoms with E-state index in [0.29, 0.717) is 0 Å². The second-order valence-corrected chi connectivity index (χ2v) is 6.52. The van der Waals surface area contributed by atoms with Gasteiger partial charge in [0.05, 0.1) is 0 Å². The number of hydrogen-bond donors (Lipinski definition) is 4. The average Bonchev–Trinajstić information content (AvgIpc) is 2.46. The summed E-state index contributed by atoms with van der Waals surface area (Å²) < 4.78 is 15.5. The minimum atomic E-state index is -4.86. The lowest BCUT2D eigenvalue weighted by atomic mass is 9.92. The van der Waals surface area contributed by atoms with Crippen molar-refractivity contribution in [2.45, 2.75) is 19.3 Å². The number of aromatic hydroxyl groups is 2. The molecule has 0 aromatic heterocycles. The van der Waals surface area contributed by atoms with E-state index in [1.165, 1.54) is 30.3 Å². The van der Waals surface area contributed by atoms with Crippen molar-refractivity contribution in [3.8, 4) is 17.2 Å². The highest BCUT2D eigenvalue weighted by Crippen LogP contribution is 2.42. The van der Waals surface area contributed by atoms with Crippen molar-refractivity contribution in [3.63, 3.8) is 0 Å². The van der Waals surface area contributed by atoms with Crippen LogP contribution in [0.3, 0.4) is 0 Å². The predicted molar refractivity (Wildman–Crippen MR) is 86.2 cm³/mol. The first-order chi connectivity index (χ1) is 11.2. The van der Waals surface area contributed by atoms with Gasteiger partial charge in [0.25, 0.3) is 0 Å². The summed E-state index contributed by atoms with van der Waals surface area (Å²) in [5.41, 5.74) is 0.528. The van der Waals surface area contributed by atoms with Gasteiger partial charge in [0, 0.05) is 6.42 Å². The molecule has 0 aliphatic carbocycles. The summed E-state index contributed by atoms with van der Waals surface area (Å²) in [7, 11) is -4.86. The van der Waals surface area contributed by atoms with Gasteiger partial charge in [0.2, 0.25) is 0 Å². The van der Waals surface area contributed by atoms with Crippen LogP contribution in [0.2, 0.25) is 0 Å². The van der Waals surface area contributed by atoms with E-state index in [1.54, 1.807) is 19.1 Å². The summed E-state index contributed by atoms with van der Waals surface area (Å²) in [6.45, 7) is 1.79. The highest BCUT2D eigenvalue weighted by molar-refractivity contribution is 7.46. The standard InChI is InChI=1S/C16H17O7P/c1-10(11-5-7-12(17)8-6-11)9-14(19)16-13(18)3-2-4-15(16)23-24(20,21)22/h2-8,10,17-18H,9H2,1H3,(H2,20,21,22). The molecular weight excluding hydrogens is 335 g/mol. The Morgan fingerprint density at radius 2 is 1.75 bits per heavy atom. The molecule has 0 aliphatic heterocycles. The number of phosphoric ester groups is 1. The fraction of sp³-hybridized carbons (Fsp3) is 0.188. The van der Waals surface area contributed by atoms with Crippen molar-refractivity contribution < 1.29 is 33.9 Å². The van der Waals surface area contributed by atoms with Gasteiger partial charge < -0.3 is 14.7 Å². The van der Waals surface area contributed by atoms with Crippen LogP contribution >= 0.6 is 7.82 Å². The maximum Gasteiger partial charge on any atom is 0.524 e. The maximum absolute atomic E-state index is 12.5. The molecule has 0 saturated heterocycles. The van der Waals surface area contributed by atoms with Gasteiger partial charge in [-0.05, 0) is 35.7 Å². The summed E-state index contributed by atoms with van der Waals surface area (Å²) in [5, 5.41) is 19.2. The molecule has 8 heteroatoms. The Morgan fingerprint density at radius 3 is 2.33 bits per heavy atom. The third-order valence-electron chi connectivity index (χ3n) is 3.45. The predicted octanol–water partition coefficient (Wildman–Crippen LogP) is 2.95. The Hall–Kier alpha value is -2.34. The summed E-state index contributed by atoms with van der Waals surface area (Å²) in [6, 6.07) is 10.1. The first-order valence-corrected chi connectivity index (χ1v) is 8.59. The molecule has 0 saturated carbocycles. The highest BCUT2D eigenvalue weighted by Gasteiger charge is 2.25. The zero-order valence-electron chi connectivity index (χ0n) is 12.8. The number of ketones is 1. The topological polar surface area (TPSA) is 124 Å². The fourth-order valence-corrected chi connectivity index (χ4v) is 2.71. The smallest absolute Gasteiger partial charge is 0.508 e. The second kappa shape index (κ2) is 7.05. The molecule has 7 nitrogen and oxygen atoms in total. The Labute approximate surface area is 138 Å². The molecule has 2 rings (SSSR count). The minimum absolute atomic E-state index is 0.0140. The SMILES string of the molecule is CC(CC(=O)c1c(O)cccc1OP(=O)(O)O)c1ccc(O)cc1. The monoisotopic (exact) mass is 352 g/mol. The quantitative estimate of drug-likeness (QED) is 0.465. The fourth-order valence-electron chi connectivity index (χ4n) is 2.30. The first-order valence-electron chi connectivity index (χ1n) is 7.06. The second-order valence-electron chi connectivity index (χ2n) is 5.35. The summed E-state index contributed by atoms with van der Waals surface area (Å²) in [5.74, 6) is -1.43. The van der Waals surface area contributed by atoms with Crippen LogP contribution in [-0.4, -0.2) is 25.8 Å². The Morgan fingerprint density at radius 1 is 1.12 bits per heavy atom. The molecule has 0 radical (unpaired) electrons. The molecule has 1 unspecified atom stereocenters. The lowest BCUT2D eigenvalue weighted by molar-refractivity contribution is 0.0971. The first kappa shape index (κ1) is 18.0. The Bertz CT molecular complexity index is 780. The molecule has 0 bridgehead atoms. The van der Waals surface area contributed by atoms with Crippen molar-refractivity contribution in [1.29, 1.82) is 0 Å². The third kappa shape index (κ3) is 4.58. The molecule has 2 aromatic rings. The largest absolute Gasteiger partial charge is 0.524 e. The van der Waals surface area contributed by atoms with Crippen LogP contribution in [0.25, 0.3) is 0 Å².